The van der Waals surface area contributed by atoms with Crippen LogP contribution in [0.15, 0.2) is 30.3 Å². The molecule has 2 aromatic rings. The van der Waals surface area contributed by atoms with E-state index in [0.29, 0.717) is 18.6 Å². The van der Waals surface area contributed by atoms with E-state index in [2.05, 4.69) is 10.0 Å². The maximum absolute atomic E-state index is 12.7. The number of ether oxygens (including phenoxy) is 1. The zero-order chi connectivity index (χ0) is 19.8. The lowest BCUT2D eigenvalue weighted by atomic mass is 9.95. The number of nitrogens with one attached hydrogen (secondary N) is 2. The lowest BCUT2D eigenvalue weighted by Gasteiger charge is -2.28. The standard InChI is InChI=1S/C19H21ClN2O4S/c1-11-8-12(2)18-14(9-11)16(6-7-26-18)21-19(23)13-4-5-15(20)17(10-13)22-27(3,24)25/h4-5,8-10,16,22H,6-7H2,1-3H3,(H,21,23). The number of aryl methyl sites for hydroxylation is 2. The molecule has 1 aliphatic rings. The van der Waals surface area contributed by atoms with Crippen LogP contribution in [-0.4, -0.2) is 27.2 Å². The highest BCUT2D eigenvalue weighted by Crippen LogP contribution is 2.36. The van der Waals surface area contributed by atoms with Crippen LogP contribution < -0.4 is 14.8 Å². The van der Waals surface area contributed by atoms with Crippen molar-refractivity contribution in [2.75, 3.05) is 17.6 Å². The molecule has 0 aromatic heterocycles. The summed E-state index contributed by atoms with van der Waals surface area (Å²) in [7, 11) is -3.50. The number of carbonyl (C=O) groups is 1. The van der Waals surface area contributed by atoms with Gasteiger partial charge in [-0.1, -0.05) is 29.3 Å². The molecule has 3 rings (SSSR count). The van der Waals surface area contributed by atoms with Gasteiger partial charge in [-0.2, -0.15) is 0 Å². The van der Waals surface area contributed by atoms with Crippen LogP contribution in [0.2, 0.25) is 5.02 Å². The summed E-state index contributed by atoms with van der Waals surface area (Å²) < 4.78 is 31.0. The number of benzene rings is 2. The predicted molar refractivity (Wildman–Crippen MR) is 106 cm³/mol. The zero-order valence-corrected chi connectivity index (χ0v) is 16.9. The third-order valence-corrected chi connectivity index (χ3v) is 5.23. The Morgan fingerprint density at radius 3 is 2.67 bits per heavy atom. The van der Waals surface area contributed by atoms with Gasteiger partial charge in [-0.3, -0.25) is 9.52 Å². The average molecular weight is 409 g/mol. The summed E-state index contributed by atoms with van der Waals surface area (Å²) in [5, 5.41) is 3.24. The minimum Gasteiger partial charge on any atom is -0.493 e. The first-order chi connectivity index (χ1) is 12.6. The third kappa shape index (κ3) is 4.54. The highest BCUT2D eigenvalue weighted by Gasteiger charge is 2.25. The Morgan fingerprint density at radius 1 is 1.22 bits per heavy atom. The summed E-state index contributed by atoms with van der Waals surface area (Å²) in [4.78, 5) is 12.7. The molecule has 0 aliphatic carbocycles. The number of hydrogen-bond acceptors (Lipinski definition) is 4. The minimum atomic E-state index is -3.50. The van der Waals surface area contributed by atoms with Crippen LogP contribution in [0.5, 0.6) is 5.75 Å². The molecular formula is C19H21ClN2O4S. The summed E-state index contributed by atoms with van der Waals surface area (Å²) in [5.74, 6) is 0.507. The number of anilines is 1. The molecular weight excluding hydrogens is 388 g/mol. The molecule has 1 heterocycles. The Bertz CT molecular complexity index is 1010. The Balaban J connectivity index is 1.86. The van der Waals surface area contributed by atoms with Gasteiger partial charge in [-0.25, -0.2) is 8.42 Å². The minimum absolute atomic E-state index is 0.172. The van der Waals surface area contributed by atoms with E-state index in [1.54, 1.807) is 6.07 Å². The van der Waals surface area contributed by atoms with Crippen LogP contribution in [0.25, 0.3) is 0 Å². The molecule has 144 valence electrons. The summed E-state index contributed by atoms with van der Waals surface area (Å²) in [6.45, 7) is 4.50. The molecule has 1 amide bonds. The van der Waals surface area contributed by atoms with E-state index in [1.807, 2.05) is 26.0 Å². The fraction of sp³-hybridized carbons (Fsp3) is 0.316. The van der Waals surface area contributed by atoms with E-state index >= 15 is 0 Å². The van der Waals surface area contributed by atoms with Gasteiger partial charge in [0.15, 0.2) is 0 Å². The number of fused-ring (bicyclic) bond motifs is 1. The molecule has 27 heavy (non-hydrogen) atoms. The Kier molecular flexibility index (Phi) is 5.35. The van der Waals surface area contributed by atoms with E-state index in [4.69, 9.17) is 16.3 Å². The summed E-state index contributed by atoms with van der Waals surface area (Å²) >= 11 is 6.03. The SMILES string of the molecule is Cc1cc(C)c2c(c1)C(NC(=O)c1ccc(Cl)c(NS(C)(=O)=O)c1)CCO2. The predicted octanol–water partition coefficient (Wildman–Crippen LogP) is 3.58. The molecule has 6 nitrogen and oxygen atoms in total. The number of rotatable bonds is 4. The number of hydrogen-bond donors (Lipinski definition) is 2. The maximum Gasteiger partial charge on any atom is 0.251 e. The fourth-order valence-electron chi connectivity index (χ4n) is 3.21. The number of sulfonamides is 1. The van der Waals surface area contributed by atoms with E-state index in [1.165, 1.54) is 12.1 Å². The molecule has 2 aromatic carbocycles. The van der Waals surface area contributed by atoms with Crippen LogP contribution in [0.3, 0.4) is 0 Å². The van der Waals surface area contributed by atoms with Crippen LogP contribution in [0.1, 0.15) is 39.5 Å². The van der Waals surface area contributed by atoms with Crippen molar-refractivity contribution in [3.05, 3.63) is 57.6 Å². The molecule has 2 N–H and O–H groups in total. The van der Waals surface area contributed by atoms with Gasteiger partial charge in [0, 0.05) is 17.5 Å². The normalized spacial score (nSPS) is 16.2. The Hall–Kier alpha value is -2.25. The molecule has 0 saturated heterocycles. The Morgan fingerprint density at radius 2 is 1.96 bits per heavy atom. The van der Waals surface area contributed by atoms with E-state index < -0.39 is 10.0 Å². The first-order valence-electron chi connectivity index (χ1n) is 8.46. The van der Waals surface area contributed by atoms with Crippen LogP contribution in [0.4, 0.5) is 5.69 Å². The van der Waals surface area contributed by atoms with Crippen molar-refractivity contribution in [3.63, 3.8) is 0 Å². The topological polar surface area (TPSA) is 84.5 Å². The smallest absolute Gasteiger partial charge is 0.251 e. The summed E-state index contributed by atoms with van der Waals surface area (Å²) in [6, 6.07) is 8.38. The number of amides is 1. The van der Waals surface area contributed by atoms with Gasteiger partial charge >= 0.3 is 0 Å². The highest BCUT2D eigenvalue weighted by molar-refractivity contribution is 7.92. The Labute approximate surface area is 163 Å². The lowest BCUT2D eigenvalue weighted by molar-refractivity contribution is 0.0924. The second-order valence-electron chi connectivity index (χ2n) is 6.73. The van der Waals surface area contributed by atoms with Gasteiger partial charge in [0.2, 0.25) is 10.0 Å². The van der Waals surface area contributed by atoms with Crippen molar-refractivity contribution in [2.45, 2.75) is 26.3 Å². The van der Waals surface area contributed by atoms with Crippen molar-refractivity contribution in [2.24, 2.45) is 0 Å². The maximum atomic E-state index is 12.7. The molecule has 1 aliphatic heterocycles. The van der Waals surface area contributed by atoms with Gasteiger partial charge in [0.1, 0.15) is 5.75 Å². The number of carbonyl (C=O) groups excluding carboxylic acids is 1. The quantitative estimate of drug-likeness (QED) is 0.809. The largest absolute Gasteiger partial charge is 0.493 e. The van der Waals surface area contributed by atoms with Gasteiger partial charge in [0.05, 0.1) is 29.6 Å². The molecule has 0 fully saturated rings. The fourth-order valence-corrected chi connectivity index (χ4v) is 4.00. The second-order valence-corrected chi connectivity index (χ2v) is 8.89. The molecule has 0 spiro atoms. The van der Waals surface area contributed by atoms with E-state index in [0.717, 1.165) is 28.7 Å². The van der Waals surface area contributed by atoms with Gasteiger partial charge in [0.25, 0.3) is 5.91 Å². The molecule has 1 unspecified atom stereocenters. The number of halogens is 1. The van der Waals surface area contributed by atoms with Gasteiger partial charge in [-0.15, -0.1) is 0 Å². The molecule has 8 heteroatoms. The average Bonchev–Trinajstić information content (AvgIpc) is 2.56. The zero-order valence-electron chi connectivity index (χ0n) is 15.3. The van der Waals surface area contributed by atoms with Crippen molar-refractivity contribution < 1.29 is 17.9 Å². The van der Waals surface area contributed by atoms with Crippen molar-refractivity contribution in [3.8, 4) is 5.75 Å². The molecule has 0 radical (unpaired) electrons. The van der Waals surface area contributed by atoms with Crippen LogP contribution in [0, 0.1) is 13.8 Å². The summed E-state index contributed by atoms with van der Waals surface area (Å²) in [5.41, 5.74) is 3.58. The van der Waals surface area contributed by atoms with Crippen molar-refractivity contribution >= 4 is 33.2 Å². The first kappa shape index (κ1) is 19.5. The molecule has 1 atom stereocenters. The molecule has 0 bridgehead atoms. The van der Waals surface area contributed by atoms with Crippen LogP contribution >= 0.6 is 11.6 Å². The van der Waals surface area contributed by atoms with Crippen LogP contribution in [-0.2, 0) is 10.0 Å². The third-order valence-electron chi connectivity index (χ3n) is 4.31. The van der Waals surface area contributed by atoms with Gasteiger partial charge in [-0.05, 0) is 37.6 Å². The second kappa shape index (κ2) is 7.40. The van der Waals surface area contributed by atoms with Gasteiger partial charge < -0.3 is 10.1 Å². The van der Waals surface area contributed by atoms with Crippen molar-refractivity contribution in [1.29, 1.82) is 0 Å². The van der Waals surface area contributed by atoms with E-state index in [9.17, 15) is 13.2 Å². The highest BCUT2D eigenvalue weighted by atomic mass is 35.5. The summed E-state index contributed by atoms with van der Waals surface area (Å²) in [6.07, 6.45) is 1.68. The van der Waals surface area contributed by atoms with E-state index in [-0.39, 0.29) is 22.7 Å². The van der Waals surface area contributed by atoms with Crippen molar-refractivity contribution in [1.82, 2.24) is 5.32 Å². The monoisotopic (exact) mass is 408 g/mol. The molecule has 0 saturated carbocycles. The lowest BCUT2D eigenvalue weighted by Crippen LogP contribution is -2.32. The first-order valence-corrected chi connectivity index (χ1v) is 10.7.